The zero-order valence-corrected chi connectivity index (χ0v) is 12.5. The lowest BCUT2D eigenvalue weighted by Crippen LogP contribution is -2.45. The van der Waals surface area contributed by atoms with Crippen LogP contribution < -0.4 is 9.47 Å². The van der Waals surface area contributed by atoms with Crippen LogP contribution in [0.1, 0.15) is 25.3 Å². The predicted molar refractivity (Wildman–Crippen MR) is 78.1 cm³/mol. The summed E-state index contributed by atoms with van der Waals surface area (Å²) in [5, 5.41) is 9.63. The highest BCUT2D eigenvalue weighted by Crippen LogP contribution is 2.34. The molecular weight excluding hydrogens is 252 g/mol. The van der Waals surface area contributed by atoms with Gasteiger partial charge < -0.3 is 9.47 Å². The summed E-state index contributed by atoms with van der Waals surface area (Å²) in [6.45, 7) is 4.00. The molecule has 1 aliphatic rings. The third kappa shape index (κ3) is 2.73. The molecule has 2 rings (SSSR count). The fraction of sp³-hybridized carbons (Fsp3) is 0.562. The Balaban J connectivity index is 2.30. The summed E-state index contributed by atoms with van der Waals surface area (Å²) in [6, 6.07) is 8.31. The first kappa shape index (κ1) is 14.7. The van der Waals surface area contributed by atoms with Crippen LogP contribution in [0.3, 0.4) is 0 Å². The molecular formula is C16H22N2O2. The molecule has 1 fully saturated rings. The van der Waals surface area contributed by atoms with Gasteiger partial charge in [-0.15, -0.1) is 0 Å². The van der Waals surface area contributed by atoms with E-state index in [1.165, 1.54) is 12.8 Å². The number of ether oxygens (including phenoxy) is 2. The largest absolute Gasteiger partial charge is 0.493 e. The molecule has 1 saturated heterocycles. The second-order valence-electron chi connectivity index (χ2n) is 5.41. The van der Waals surface area contributed by atoms with E-state index in [0.717, 1.165) is 24.4 Å². The van der Waals surface area contributed by atoms with Gasteiger partial charge in [-0.3, -0.25) is 4.90 Å². The van der Waals surface area contributed by atoms with Gasteiger partial charge in [0.05, 0.1) is 20.3 Å². The first-order valence-corrected chi connectivity index (χ1v) is 7.01. The lowest BCUT2D eigenvalue weighted by Gasteiger charge is -2.33. The lowest BCUT2D eigenvalue weighted by atomic mass is 9.92. The Labute approximate surface area is 120 Å². The molecule has 1 heterocycles. The fourth-order valence-electron chi connectivity index (χ4n) is 2.90. The normalized spacial score (nSPS) is 18.3. The van der Waals surface area contributed by atoms with E-state index >= 15 is 0 Å². The quantitative estimate of drug-likeness (QED) is 0.828. The molecule has 1 unspecified atom stereocenters. The maximum Gasteiger partial charge on any atom is 0.163 e. The van der Waals surface area contributed by atoms with Crippen molar-refractivity contribution < 1.29 is 9.47 Å². The Kier molecular flexibility index (Phi) is 4.51. The van der Waals surface area contributed by atoms with Crippen molar-refractivity contribution in [3.8, 4) is 17.6 Å². The van der Waals surface area contributed by atoms with Gasteiger partial charge in [-0.25, -0.2) is 0 Å². The maximum absolute atomic E-state index is 9.63. The van der Waals surface area contributed by atoms with Crippen LogP contribution in [-0.2, 0) is 6.42 Å². The Hall–Kier alpha value is -1.73. The van der Waals surface area contributed by atoms with Crippen LogP contribution in [0.2, 0.25) is 0 Å². The van der Waals surface area contributed by atoms with E-state index in [2.05, 4.69) is 11.0 Å². The Morgan fingerprint density at radius 1 is 1.25 bits per heavy atom. The molecule has 1 aromatic rings. The van der Waals surface area contributed by atoms with E-state index in [-0.39, 0.29) is 0 Å². The second kappa shape index (κ2) is 6.15. The third-order valence-corrected chi connectivity index (χ3v) is 4.06. The second-order valence-corrected chi connectivity index (χ2v) is 5.41. The zero-order valence-electron chi connectivity index (χ0n) is 12.5. The van der Waals surface area contributed by atoms with E-state index < -0.39 is 5.54 Å². The number of nitrogens with zero attached hydrogens (tertiary/aromatic N) is 2. The number of rotatable bonds is 5. The number of para-hydroxylation sites is 1. The number of hydrogen-bond acceptors (Lipinski definition) is 4. The standard InChI is InChI=1S/C16H22N2O2/c1-16(12-17,18-9-4-5-10-18)11-13-7-6-8-14(19-2)15(13)20-3/h6-8H,4-5,9-11H2,1-3H3. The number of likely N-dealkylation sites (tertiary alicyclic amines) is 1. The van der Waals surface area contributed by atoms with Crippen LogP contribution in [0.4, 0.5) is 0 Å². The Morgan fingerprint density at radius 3 is 2.50 bits per heavy atom. The van der Waals surface area contributed by atoms with Gasteiger partial charge in [0, 0.05) is 12.0 Å². The van der Waals surface area contributed by atoms with Gasteiger partial charge in [-0.05, 0) is 38.9 Å². The van der Waals surface area contributed by atoms with Gasteiger partial charge in [0.15, 0.2) is 11.5 Å². The van der Waals surface area contributed by atoms with Crippen molar-refractivity contribution in [2.45, 2.75) is 31.7 Å². The summed E-state index contributed by atoms with van der Waals surface area (Å²) < 4.78 is 10.8. The zero-order chi connectivity index (χ0) is 14.6. The molecule has 0 radical (unpaired) electrons. The summed E-state index contributed by atoms with van der Waals surface area (Å²) >= 11 is 0. The summed E-state index contributed by atoms with van der Waals surface area (Å²) in [5.74, 6) is 1.45. The Morgan fingerprint density at radius 2 is 1.95 bits per heavy atom. The van der Waals surface area contributed by atoms with Crippen molar-refractivity contribution in [2.75, 3.05) is 27.3 Å². The molecule has 1 aromatic carbocycles. The third-order valence-electron chi connectivity index (χ3n) is 4.06. The molecule has 4 heteroatoms. The van der Waals surface area contributed by atoms with Crippen LogP contribution in [-0.4, -0.2) is 37.7 Å². The first-order valence-electron chi connectivity index (χ1n) is 7.01. The van der Waals surface area contributed by atoms with Gasteiger partial charge in [0.25, 0.3) is 0 Å². The van der Waals surface area contributed by atoms with Gasteiger partial charge in [-0.2, -0.15) is 5.26 Å². The average molecular weight is 274 g/mol. The summed E-state index contributed by atoms with van der Waals surface area (Å²) in [7, 11) is 3.27. The minimum Gasteiger partial charge on any atom is -0.493 e. The summed E-state index contributed by atoms with van der Waals surface area (Å²) in [5.41, 5.74) is 0.527. The smallest absolute Gasteiger partial charge is 0.163 e. The highest BCUT2D eigenvalue weighted by Gasteiger charge is 2.35. The van der Waals surface area contributed by atoms with Crippen LogP contribution in [0.5, 0.6) is 11.5 Å². The highest BCUT2D eigenvalue weighted by atomic mass is 16.5. The van der Waals surface area contributed by atoms with Crippen LogP contribution in [0, 0.1) is 11.3 Å². The molecule has 108 valence electrons. The SMILES string of the molecule is COc1cccc(CC(C)(C#N)N2CCCC2)c1OC. The minimum absolute atomic E-state index is 0.490. The number of nitriles is 1. The van der Waals surface area contributed by atoms with E-state index in [4.69, 9.17) is 9.47 Å². The number of hydrogen-bond donors (Lipinski definition) is 0. The molecule has 0 saturated carbocycles. The van der Waals surface area contributed by atoms with Crippen molar-refractivity contribution in [3.63, 3.8) is 0 Å². The topological polar surface area (TPSA) is 45.5 Å². The monoisotopic (exact) mass is 274 g/mol. The molecule has 1 atom stereocenters. The van der Waals surface area contributed by atoms with Crippen LogP contribution in [0.15, 0.2) is 18.2 Å². The Bertz CT molecular complexity index is 504. The molecule has 0 bridgehead atoms. The fourth-order valence-corrected chi connectivity index (χ4v) is 2.90. The summed E-state index contributed by atoms with van der Waals surface area (Å²) in [6.07, 6.45) is 2.99. The molecule has 4 nitrogen and oxygen atoms in total. The predicted octanol–water partition coefficient (Wildman–Crippen LogP) is 2.62. The van der Waals surface area contributed by atoms with Crippen molar-refractivity contribution in [1.82, 2.24) is 4.90 Å². The van der Waals surface area contributed by atoms with Gasteiger partial charge in [0.1, 0.15) is 5.54 Å². The molecule has 20 heavy (non-hydrogen) atoms. The highest BCUT2D eigenvalue weighted by molar-refractivity contribution is 5.47. The number of methoxy groups -OCH3 is 2. The van der Waals surface area contributed by atoms with E-state index in [1.54, 1.807) is 14.2 Å². The molecule has 0 amide bonds. The lowest BCUT2D eigenvalue weighted by molar-refractivity contribution is 0.190. The van der Waals surface area contributed by atoms with E-state index in [0.29, 0.717) is 12.2 Å². The van der Waals surface area contributed by atoms with Gasteiger partial charge in [0.2, 0.25) is 0 Å². The molecule has 0 N–H and O–H groups in total. The van der Waals surface area contributed by atoms with Crippen molar-refractivity contribution >= 4 is 0 Å². The molecule has 0 aromatic heterocycles. The van der Waals surface area contributed by atoms with Crippen molar-refractivity contribution in [3.05, 3.63) is 23.8 Å². The van der Waals surface area contributed by atoms with Gasteiger partial charge >= 0.3 is 0 Å². The summed E-state index contributed by atoms with van der Waals surface area (Å²) in [4.78, 5) is 2.27. The van der Waals surface area contributed by atoms with Crippen LogP contribution >= 0.6 is 0 Å². The average Bonchev–Trinajstić information content (AvgIpc) is 3.01. The molecule has 1 aliphatic heterocycles. The van der Waals surface area contributed by atoms with Gasteiger partial charge in [-0.1, -0.05) is 12.1 Å². The first-order chi connectivity index (χ1) is 9.64. The van der Waals surface area contributed by atoms with Crippen molar-refractivity contribution in [1.29, 1.82) is 5.26 Å². The molecule has 0 spiro atoms. The van der Waals surface area contributed by atoms with E-state index in [9.17, 15) is 5.26 Å². The van der Waals surface area contributed by atoms with Crippen LogP contribution in [0.25, 0.3) is 0 Å². The number of benzene rings is 1. The minimum atomic E-state index is -0.490. The van der Waals surface area contributed by atoms with Crippen molar-refractivity contribution in [2.24, 2.45) is 0 Å². The van der Waals surface area contributed by atoms with E-state index in [1.807, 2.05) is 25.1 Å². The molecule has 0 aliphatic carbocycles. The maximum atomic E-state index is 9.63.